The van der Waals surface area contributed by atoms with E-state index in [1.165, 1.54) is 0 Å². The standard InChI is InChI=1S/C11H10BrNO/c1-8(14)13-7-9(6-12)10-4-2-3-5-11(10)13/h2-5,7H,6H2,1H3. The summed E-state index contributed by atoms with van der Waals surface area (Å²) in [6.07, 6.45) is 1.89. The van der Waals surface area contributed by atoms with Gasteiger partial charge < -0.3 is 0 Å². The topological polar surface area (TPSA) is 22.0 Å². The number of carbonyl (C=O) groups is 1. The second-order valence-corrected chi connectivity index (χ2v) is 3.75. The maximum atomic E-state index is 11.3. The Morgan fingerprint density at radius 3 is 2.79 bits per heavy atom. The fourth-order valence-electron chi connectivity index (χ4n) is 1.62. The molecule has 14 heavy (non-hydrogen) atoms. The molecular weight excluding hydrogens is 242 g/mol. The van der Waals surface area contributed by atoms with Gasteiger partial charge in [-0.1, -0.05) is 34.1 Å². The number of alkyl halides is 1. The summed E-state index contributed by atoms with van der Waals surface area (Å²) in [7, 11) is 0. The van der Waals surface area contributed by atoms with Crippen molar-refractivity contribution in [2.75, 3.05) is 0 Å². The zero-order valence-corrected chi connectivity index (χ0v) is 9.41. The number of aromatic nitrogens is 1. The van der Waals surface area contributed by atoms with Gasteiger partial charge in [-0.05, 0) is 11.6 Å². The first kappa shape index (κ1) is 9.46. The molecule has 1 aromatic heterocycles. The minimum atomic E-state index is 0.0494. The van der Waals surface area contributed by atoms with Crippen LogP contribution in [0.1, 0.15) is 17.3 Å². The van der Waals surface area contributed by atoms with Gasteiger partial charge in [-0.15, -0.1) is 0 Å². The van der Waals surface area contributed by atoms with Gasteiger partial charge in [0.2, 0.25) is 5.91 Å². The van der Waals surface area contributed by atoms with Crippen LogP contribution in [0.3, 0.4) is 0 Å². The molecule has 0 fully saturated rings. The Bertz CT molecular complexity index is 487. The summed E-state index contributed by atoms with van der Waals surface area (Å²) in [6, 6.07) is 7.92. The van der Waals surface area contributed by atoms with Crippen LogP contribution in [0.2, 0.25) is 0 Å². The fraction of sp³-hybridized carbons (Fsp3) is 0.182. The minimum Gasteiger partial charge on any atom is -0.287 e. The van der Waals surface area contributed by atoms with E-state index in [-0.39, 0.29) is 5.91 Å². The van der Waals surface area contributed by atoms with Crippen molar-refractivity contribution in [2.45, 2.75) is 12.3 Å². The van der Waals surface area contributed by atoms with E-state index < -0.39 is 0 Å². The molecule has 0 spiro atoms. The van der Waals surface area contributed by atoms with Gasteiger partial charge in [0.1, 0.15) is 0 Å². The van der Waals surface area contributed by atoms with Crippen LogP contribution in [0.4, 0.5) is 0 Å². The van der Waals surface area contributed by atoms with Gasteiger partial charge in [0, 0.05) is 23.8 Å². The Kier molecular flexibility index (Phi) is 2.42. The van der Waals surface area contributed by atoms with Crippen molar-refractivity contribution in [3.63, 3.8) is 0 Å². The molecule has 0 N–H and O–H groups in total. The highest BCUT2D eigenvalue weighted by Gasteiger charge is 2.08. The predicted octanol–water partition coefficient (Wildman–Crippen LogP) is 3.20. The maximum Gasteiger partial charge on any atom is 0.227 e. The molecular formula is C11H10BrNO. The van der Waals surface area contributed by atoms with Gasteiger partial charge >= 0.3 is 0 Å². The molecule has 0 amide bonds. The Balaban J connectivity index is 2.80. The van der Waals surface area contributed by atoms with Gasteiger partial charge in [-0.2, -0.15) is 0 Å². The predicted molar refractivity (Wildman–Crippen MR) is 60.9 cm³/mol. The normalized spacial score (nSPS) is 10.7. The summed E-state index contributed by atoms with van der Waals surface area (Å²) in [4.78, 5) is 11.3. The Morgan fingerprint density at radius 1 is 1.43 bits per heavy atom. The van der Waals surface area contributed by atoms with Gasteiger partial charge in [-0.25, -0.2) is 0 Å². The number of hydrogen-bond acceptors (Lipinski definition) is 1. The molecule has 0 aliphatic rings. The molecule has 3 heteroatoms. The molecule has 0 saturated carbocycles. The largest absolute Gasteiger partial charge is 0.287 e. The van der Waals surface area contributed by atoms with Crippen LogP contribution in [0.5, 0.6) is 0 Å². The molecule has 0 saturated heterocycles. The summed E-state index contributed by atoms with van der Waals surface area (Å²) in [5.41, 5.74) is 2.13. The highest BCUT2D eigenvalue weighted by atomic mass is 79.9. The van der Waals surface area contributed by atoms with Gasteiger partial charge in [0.15, 0.2) is 0 Å². The molecule has 0 bridgehead atoms. The third-order valence-corrected chi connectivity index (χ3v) is 2.88. The Labute approximate surface area is 90.7 Å². The highest BCUT2D eigenvalue weighted by Crippen LogP contribution is 2.22. The van der Waals surface area contributed by atoms with Gasteiger partial charge in [-0.3, -0.25) is 9.36 Å². The van der Waals surface area contributed by atoms with Crippen molar-refractivity contribution in [1.29, 1.82) is 0 Å². The number of carbonyl (C=O) groups excluding carboxylic acids is 1. The Hall–Kier alpha value is -1.09. The molecule has 0 unspecified atom stereocenters. The third-order valence-electron chi connectivity index (χ3n) is 2.28. The molecule has 0 radical (unpaired) electrons. The van der Waals surface area contributed by atoms with E-state index in [0.717, 1.165) is 21.8 Å². The molecule has 1 aromatic carbocycles. The quantitative estimate of drug-likeness (QED) is 0.714. The second kappa shape index (κ2) is 3.58. The van der Waals surface area contributed by atoms with Gasteiger partial charge in [0.05, 0.1) is 5.52 Å². The minimum absolute atomic E-state index is 0.0494. The molecule has 0 aliphatic carbocycles. The zero-order valence-electron chi connectivity index (χ0n) is 7.83. The van der Waals surface area contributed by atoms with Crippen LogP contribution in [0, 0.1) is 0 Å². The van der Waals surface area contributed by atoms with Crippen molar-refractivity contribution in [1.82, 2.24) is 4.57 Å². The van der Waals surface area contributed by atoms with E-state index in [1.54, 1.807) is 11.5 Å². The lowest BCUT2D eigenvalue weighted by molar-refractivity contribution is 0.0941. The van der Waals surface area contributed by atoms with Crippen molar-refractivity contribution in [3.05, 3.63) is 36.0 Å². The lowest BCUT2D eigenvalue weighted by atomic mass is 10.2. The molecule has 2 nitrogen and oxygen atoms in total. The SMILES string of the molecule is CC(=O)n1cc(CBr)c2ccccc21. The maximum absolute atomic E-state index is 11.3. The van der Waals surface area contributed by atoms with Crippen molar-refractivity contribution >= 4 is 32.7 Å². The summed E-state index contributed by atoms with van der Waals surface area (Å²) < 4.78 is 1.69. The van der Waals surface area contributed by atoms with Crippen molar-refractivity contribution < 1.29 is 4.79 Å². The van der Waals surface area contributed by atoms with Crippen LogP contribution in [-0.4, -0.2) is 10.5 Å². The smallest absolute Gasteiger partial charge is 0.227 e. The van der Waals surface area contributed by atoms with Crippen molar-refractivity contribution in [3.8, 4) is 0 Å². The molecule has 2 aromatic rings. The van der Waals surface area contributed by atoms with Crippen LogP contribution >= 0.6 is 15.9 Å². The number of benzene rings is 1. The lowest BCUT2D eigenvalue weighted by Crippen LogP contribution is -2.02. The van der Waals surface area contributed by atoms with E-state index in [2.05, 4.69) is 15.9 Å². The summed E-state index contributed by atoms with van der Waals surface area (Å²) in [5, 5.41) is 1.91. The third kappa shape index (κ3) is 1.38. The van der Waals surface area contributed by atoms with Crippen LogP contribution in [-0.2, 0) is 5.33 Å². The first-order valence-electron chi connectivity index (χ1n) is 4.40. The van der Waals surface area contributed by atoms with E-state index in [9.17, 15) is 4.79 Å². The average molecular weight is 252 g/mol. The van der Waals surface area contributed by atoms with Crippen LogP contribution < -0.4 is 0 Å². The molecule has 72 valence electrons. The number of hydrogen-bond donors (Lipinski definition) is 0. The fourth-order valence-corrected chi connectivity index (χ4v) is 2.06. The highest BCUT2D eigenvalue weighted by molar-refractivity contribution is 9.08. The summed E-state index contributed by atoms with van der Waals surface area (Å²) in [6.45, 7) is 1.57. The van der Waals surface area contributed by atoms with Crippen LogP contribution in [0.25, 0.3) is 10.9 Å². The van der Waals surface area contributed by atoms with E-state index in [1.807, 2.05) is 30.5 Å². The lowest BCUT2D eigenvalue weighted by Gasteiger charge is -1.97. The zero-order chi connectivity index (χ0) is 10.1. The van der Waals surface area contributed by atoms with Gasteiger partial charge in [0.25, 0.3) is 0 Å². The average Bonchev–Trinajstić information content (AvgIpc) is 2.56. The first-order valence-corrected chi connectivity index (χ1v) is 5.52. The number of rotatable bonds is 1. The number of halogens is 1. The first-order chi connectivity index (χ1) is 6.74. The number of nitrogens with zero attached hydrogens (tertiary/aromatic N) is 1. The second-order valence-electron chi connectivity index (χ2n) is 3.19. The van der Waals surface area contributed by atoms with E-state index in [4.69, 9.17) is 0 Å². The molecule has 0 atom stereocenters. The number of fused-ring (bicyclic) bond motifs is 1. The van der Waals surface area contributed by atoms with E-state index in [0.29, 0.717) is 0 Å². The monoisotopic (exact) mass is 251 g/mol. The summed E-state index contributed by atoms with van der Waals surface area (Å²) >= 11 is 3.42. The summed E-state index contributed by atoms with van der Waals surface area (Å²) in [5.74, 6) is 0.0494. The molecule has 0 aliphatic heterocycles. The Morgan fingerprint density at radius 2 is 2.14 bits per heavy atom. The van der Waals surface area contributed by atoms with Crippen molar-refractivity contribution in [2.24, 2.45) is 0 Å². The number of para-hydroxylation sites is 1. The molecule has 1 heterocycles. The van der Waals surface area contributed by atoms with Crippen LogP contribution in [0.15, 0.2) is 30.5 Å². The van der Waals surface area contributed by atoms with E-state index >= 15 is 0 Å². The molecule has 2 rings (SSSR count).